The third-order valence-electron chi connectivity index (χ3n) is 4.25. The first-order valence-electron chi connectivity index (χ1n) is 7.83. The smallest absolute Gasteiger partial charge is 0.0750 e. The van der Waals surface area contributed by atoms with Crippen LogP contribution in [0.15, 0.2) is 48.2 Å². The largest absolute Gasteiger partial charge is 0.329 e. The van der Waals surface area contributed by atoms with Crippen molar-refractivity contribution in [1.82, 2.24) is 10.3 Å². The van der Waals surface area contributed by atoms with E-state index < -0.39 is 0 Å². The van der Waals surface area contributed by atoms with E-state index in [1.54, 1.807) is 5.57 Å². The second-order valence-electron chi connectivity index (χ2n) is 5.67. The molecule has 0 aliphatic heterocycles. The van der Waals surface area contributed by atoms with Gasteiger partial charge in [-0.25, -0.2) is 0 Å². The summed E-state index contributed by atoms with van der Waals surface area (Å²) < 4.78 is 0. The molecule has 3 rings (SSSR count). The van der Waals surface area contributed by atoms with E-state index in [9.17, 15) is 0 Å². The Morgan fingerprint density at radius 1 is 1.24 bits per heavy atom. The molecule has 3 heteroatoms. The highest BCUT2D eigenvalue weighted by atomic mass is 14.9. The van der Waals surface area contributed by atoms with Crippen LogP contribution in [0.2, 0.25) is 0 Å². The van der Waals surface area contributed by atoms with Crippen molar-refractivity contribution in [3.63, 3.8) is 0 Å². The van der Waals surface area contributed by atoms with Crippen LogP contribution in [-0.4, -0.2) is 18.1 Å². The Labute approximate surface area is 126 Å². The van der Waals surface area contributed by atoms with Crippen molar-refractivity contribution < 1.29 is 0 Å². The molecule has 1 atom stereocenters. The lowest BCUT2D eigenvalue weighted by Gasteiger charge is -2.19. The molecule has 0 spiro atoms. The van der Waals surface area contributed by atoms with Crippen LogP contribution in [0.4, 0.5) is 0 Å². The van der Waals surface area contributed by atoms with Crippen molar-refractivity contribution in [3.05, 3.63) is 53.7 Å². The molecule has 1 aromatic carbocycles. The van der Waals surface area contributed by atoms with E-state index in [2.05, 4.69) is 40.6 Å². The monoisotopic (exact) mass is 281 g/mol. The highest BCUT2D eigenvalue weighted by Gasteiger charge is 2.13. The number of aromatic nitrogens is 1. The average Bonchev–Trinajstić information content (AvgIpc) is 3.05. The maximum Gasteiger partial charge on any atom is 0.0750 e. The number of nitrogens with one attached hydrogen (secondary N) is 1. The zero-order chi connectivity index (χ0) is 14.5. The average molecular weight is 281 g/mol. The van der Waals surface area contributed by atoms with Gasteiger partial charge in [-0.1, -0.05) is 35.9 Å². The molecule has 21 heavy (non-hydrogen) atoms. The minimum absolute atomic E-state index is 0.172. The SMILES string of the molecule is NCC(NCCC1=CCCC1)c1cccc2cccnc12. The van der Waals surface area contributed by atoms with Crippen molar-refractivity contribution in [2.75, 3.05) is 13.1 Å². The Balaban J connectivity index is 1.72. The van der Waals surface area contributed by atoms with Crippen LogP contribution in [0.3, 0.4) is 0 Å². The Morgan fingerprint density at radius 3 is 2.95 bits per heavy atom. The van der Waals surface area contributed by atoms with E-state index >= 15 is 0 Å². The molecule has 1 aliphatic carbocycles. The summed E-state index contributed by atoms with van der Waals surface area (Å²) >= 11 is 0. The number of allylic oxidation sites excluding steroid dienone is 1. The quantitative estimate of drug-likeness (QED) is 0.799. The van der Waals surface area contributed by atoms with Gasteiger partial charge in [0.15, 0.2) is 0 Å². The lowest BCUT2D eigenvalue weighted by molar-refractivity contribution is 0.544. The zero-order valence-electron chi connectivity index (χ0n) is 12.4. The van der Waals surface area contributed by atoms with Crippen LogP contribution in [0.1, 0.15) is 37.3 Å². The predicted octanol–water partition coefficient (Wildman–Crippen LogP) is 3.32. The maximum absolute atomic E-state index is 5.99. The first-order valence-corrected chi connectivity index (χ1v) is 7.83. The Morgan fingerprint density at radius 2 is 2.14 bits per heavy atom. The first-order chi connectivity index (χ1) is 10.4. The second kappa shape index (κ2) is 6.83. The highest BCUT2D eigenvalue weighted by molar-refractivity contribution is 5.82. The van der Waals surface area contributed by atoms with Crippen molar-refractivity contribution in [2.45, 2.75) is 31.7 Å². The van der Waals surface area contributed by atoms with E-state index in [1.165, 1.54) is 30.2 Å². The molecule has 0 fully saturated rings. The van der Waals surface area contributed by atoms with Gasteiger partial charge >= 0.3 is 0 Å². The van der Waals surface area contributed by atoms with Gasteiger partial charge in [-0.2, -0.15) is 0 Å². The number of nitrogens with zero attached hydrogens (tertiary/aromatic N) is 1. The summed E-state index contributed by atoms with van der Waals surface area (Å²) in [6.45, 7) is 1.58. The second-order valence-corrected chi connectivity index (χ2v) is 5.67. The van der Waals surface area contributed by atoms with Crippen LogP contribution >= 0.6 is 0 Å². The van der Waals surface area contributed by atoms with Crippen molar-refractivity contribution in [2.24, 2.45) is 5.73 Å². The fourth-order valence-electron chi connectivity index (χ4n) is 3.10. The van der Waals surface area contributed by atoms with Gasteiger partial charge in [-0.05, 0) is 43.9 Å². The summed E-state index contributed by atoms with van der Waals surface area (Å²) in [4.78, 5) is 4.53. The highest BCUT2D eigenvalue weighted by Crippen LogP contribution is 2.23. The molecule has 3 N–H and O–H groups in total. The number of pyridine rings is 1. The predicted molar refractivity (Wildman–Crippen MR) is 88.1 cm³/mol. The molecule has 1 unspecified atom stereocenters. The molecular formula is C18H23N3. The summed E-state index contributed by atoms with van der Waals surface area (Å²) in [6, 6.07) is 10.6. The Bertz CT molecular complexity index is 628. The molecule has 1 aromatic heterocycles. The van der Waals surface area contributed by atoms with Gasteiger partial charge in [-0.15, -0.1) is 0 Å². The summed E-state index contributed by atoms with van der Waals surface area (Å²) in [5.41, 5.74) is 9.84. The van der Waals surface area contributed by atoms with Crippen LogP contribution in [0, 0.1) is 0 Å². The maximum atomic E-state index is 5.99. The number of fused-ring (bicyclic) bond motifs is 1. The molecule has 1 aliphatic rings. The van der Waals surface area contributed by atoms with Gasteiger partial charge in [0, 0.05) is 24.2 Å². The lowest BCUT2D eigenvalue weighted by Crippen LogP contribution is -2.29. The first kappa shape index (κ1) is 14.2. The van der Waals surface area contributed by atoms with E-state index in [-0.39, 0.29) is 6.04 Å². The molecule has 0 saturated carbocycles. The molecule has 0 saturated heterocycles. The van der Waals surface area contributed by atoms with E-state index in [1.807, 2.05) is 12.3 Å². The summed E-state index contributed by atoms with van der Waals surface area (Å²) in [7, 11) is 0. The minimum atomic E-state index is 0.172. The number of rotatable bonds is 6. The van der Waals surface area contributed by atoms with Gasteiger partial charge < -0.3 is 11.1 Å². The van der Waals surface area contributed by atoms with Gasteiger partial charge in [-0.3, -0.25) is 4.98 Å². The van der Waals surface area contributed by atoms with Crippen LogP contribution in [0.5, 0.6) is 0 Å². The molecule has 0 radical (unpaired) electrons. The number of benzene rings is 1. The zero-order valence-corrected chi connectivity index (χ0v) is 12.4. The number of hydrogen-bond acceptors (Lipinski definition) is 3. The van der Waals surface area contributed by atoms with E-state index in [0.717, 1.165) is 18.5 Å². The summed E-state index contributed by atoms with van der Waals surface area (Å²) in [5, 5.41) is 4.77. The van der Waals surface area contributed by atoms with Crippen LogP contribution < -0.4 is 11.1 Å². The fraction of sp³-hybridized carbons (Fsp3) is 0.389. The third kappa shape index (κ3) is 3.31. The number of para-hydroxylation sites is 1. The third-order valence-corrected chi connectivity index (χ3v) is 4.25. The molecule has 3 nitrogen and oxygen atoms in total. The standard InChI is InChI=1S/C18H23N3/c19-13-17(20-12-10-14-5-1-2-6-14)16-9-3-7-15-8-4-11-21-18(15)16/h3-5,7-9,11,17,20H,1-2,6,10,12-13,19H2. The Kier molecular flexibility index (Phi) is 4.63. The van der Waals surface area contributed by atoms with Gasteiger partial charge in [0.1, 0.15) is 0 Å². The van der Waals surface area contributed by atoms with Crippen LogP contribution in [-0.2, 0) is 0 Å². The molecule has 0 amide bonds. The molecule has 1 heterocycles. The molecule has 0 bridgehead atoms. The molecular weight excluding hydrogens is 258 g/mol. The number of nitrogens with two attached hydrogens (primary N) is 1. The van der Waals surface area contributed by atoms with Crippen molar-refractivity contribution >= 4 is 10.9 Å². The summed E-state index contributed by atoms with van der Waals surface area (Å²) in [5.74, 6) is 0. The summed E-state index contributed by atoms with van der Waals surface area (Å²) in [6.07, 6.45) is 9.21. The topological polar surface area (TPSA) is 50.9 Å². The van der Waals surface area contributed by atoms with Gasteiger partial charge in [0.25, 0.3) is 0 Å². The molecule has 2 aromatic rings. The van der Waals surface area contributed by atoms with Crippen molar-refractivity contribution in [1.29, 1.82) is 0 Å². The van der Waals surface area contributed by atoms with Crippen molar-refractivity contribution in [3.8, 4) is 0 Å². The lowest BCUT2D eigenvalue weighted by atomic mass is 10.0. The van der Waals surface area contributed by atoms with Crippen LogP contribution in [0.25, 0.3) is 10.9 Å². The minimum Gasteiger partial charge on any atom is -0.329 e. The molecule has 110 valence electrons. The fourth-order valence-corrected chi connectivity index (χ4v) is 3.10. The number of hydrogen-bond donors (Lipinski definition) is 2. The van der Waals surface area contributed by atoms with E-state index in [4.69, 9.17) is 5.73 Å². The Hall–Kier alpha value is -1.71. The van der Waals surface area contributed by atoms with Gasteiger partial charge in [0.2, 0.25) is 0 Å². The van der Waals surface area contributed by atoms with Gasteiger partial charge in [0.05, 0.1) is 5.52 Å². The van der Waals surface area contributed by atoms with E-state index in [0.29, 0.717) is 6.54 Å². The normalized spacial score (nSPS) is 16.1.